The number of amides is 1. The van der Waals surface area contributed by atoms with Gasteiger partial charge in [-0.05, 0) is 59.7 Å². The largest absolute Gasteiger partial charge is 0.353 e. The maximum absolute atomic E-state index is 13.1. The first-order chi connectivity index (χ1) is 16.9. The smallest absolute Gasteiger partial charge is 0.239 e. The molecule has 0 spiro atoms. The van der Waals surface area contributed by atoms with Gasteiger partial charge in [0.1, 0.15) is 18.2 Å². The van der Waals surface area contributed by atoms with Crippen molar-refractivity contribution >= 4 is 50.3 Å². The van der Waals surface area contributed by atoms with E-state index >= 15 is 0 Å². The molecular formula is C25H25BrClN7O. The molecule has 1 unspecified atom stereocenters. The van der Waals surface area contributed by atoms with Crippen molar-refractivity contribution in [2.45, 2.75) is 19.5 Å². The van der Waals surface area contributed by atoms with E-state index in [-0.39, 0.29) is 11.9 Å². The second-order valence-electron chi connectivity index (χ2n) is 8.75. The topological polar surface area (TPSA) is 79.2 Å². The average Bonchev–Trinajstić information content (AvgIpc) is 3.30. The van der Waals surface area contributed by atoms with Gasteiger partial charge in [0.25, 0.3) is 0 Å². The zero-order chi connectivity index (χ0) is 24.5. The van der Waals surface area contributed by atoms with Gasteiger partial charge in [-0.25, -0.2) is 14.6 Å². The third-order valence-corrected chi connectivity index (χ3v) is 7.53. The van der Waals surface area contributed by atoms with E-state index in [1.807, 2.05) is 48.3 Å². The summed E-state index contributed by atoms with van der Waals surface area (Å²) in [4.78, 5) is 26.3. The minimum absolute atomic E-state index is 0.0307. The standard InChI is InChI=1S/C25H25BrClN7O/c1-16-3-6-18(7-4-16)34-13-19-23(31-34)29-15-30-24(19)33-10-9-32(2)22(14-33)25(35)28-12-17-5-8-20(26)21(27)11-17/h3-8,11,13,15,22H,9-10,12,14H2,1-2H3,(H,28,35). The van der Waals surface area contributed by atoms with Crippen LogP contribution < -0.4 is 10.2 Å². The second kappa shape index (κ2) is 9.93. The Labute approximate surface area is 217 Å². The van der Waals surface area contributed by atoms with Crippen LogP contribution in [0.25, 0.3) is 16.7 Å². The molecule has 10 heteroatoms. The Morgan fingerprint density at radius 3 is 2.74 bits per heavy atom. The maximum atomic E-state index is 13.1. The van der Waals surface area contributed by atoms with Crippen LogP contribution in [0.15, 0.2) is 59.5 Å². The number of halogens is 2. The van der Waals surface area contributed by atoms with E-state index in [9.17, 15) is 4.79 Å². The Morgan fingerprint density at radius 1 is 1.17 bits per heavy atom. The molecule has 1 aliphatic rings. The number of carbonyl (C=O) groups excluding carboxylic acids is 1. The van der Waals surface area contributed by atoms with Crippen molar-refractivity contribution in [2.75, 3.05) is 31.6 Å². The number of rotatable bonds is 5. The van der Waals surface area contributed by atoms with E-state index in [0.29, 0.717) is 23.8 Å². The van der Waals surface area contributed by atoms with Crippen LogP contribution in [0.5, 0.6) is 0 Å². The van der Waals surface area contributed by atoms with Crippen molar-refractivity contribution in [1.82, 2.24) is 30.0 Å². The van der Waals surface area contributed by atoms with Gasteiger partial charge in [0, 0.05) is 36.8 Å². The lowest BCUT2D eigenvalue weighted by atomic mass is 10.1. The predicted molar refractivity (Wildman–Crippen MR) is 141 cm³/mol. The van der Waals surface area contributed by atoms with Gasteiger partial charge < -0.3 is 10.2 Å². The van der Waals surface area contributed by atoms with Crippen molar-refractivity contribution in [3.63, 3.8) is 0 Å². The summed E-state index contributed by atoms with van der Waals surface area (Å²) >= 11 is 9.59. The number of nitrogens with zero attached hydrogens (tertiary/aromatic N) is 6. The number of aromatic nitrogens is 4. The van der Waals surface area contributed by atoms with E-state index < -0.39 is 0 Å². The summed E-state index contributed by atoms with van der Waals surface area (Å²) < 4.78 is 2.66. The van der Waals surface area contributed by atoms with Crippen LogP contribution in [-0.4, -0.2) is 63.3 Å². The van der Waals surface area contributed by atoms with Crippen molar-refractivity contribution in [3.05, 3.63) is 75.6 Å². The summed E-state index contributed by atoms with van der Waals surface area (Å²) in [5.74, 6) is 0.760. The van der Waals surface area contributed by atoms with Crippen LogP contribution in [0.2, 0.25) is 5.02 Å². The molecule has 4 aromatic rings. The lowest BCUT2D eigenvalue weighted by Gasteiger charge is -2.39. The molecule has 2 aromatic carbocycles. The van der Waals surface area contributed by atoms with Crippen molar-refractivity contribution in [1.29, 1.82) is 0 Å². The normalized spacial score (nSPS) is 16.6. The van der Waals surface area contributed by atoms with E-state index in [0.717, 1.165) is 40.0 Å². The SMILES string of the molecule is Cc1ccc(-n2cc3c(N4CCN(C)C(C(=O)NCc5ccc(Br)c(Cl)c5)C4)ncnc3n2)cc1. The van der Waals surface area contributed by atoms with Crippen molar-refractivity contribution < 1.29 is 4.79 Å². The number of benzene rings is 2. The Hall–Kier alpha value is -3.01. The fourth-order valence-electron chi connectivity index (χ4n) is 4.21. The van der Waals surface area contributed by atoms with Gasteiger partial charge in [-0.1, -0.05) is 35.4 Å². The number of hydrogen-bond acceptors (Lipinski definition) is 6. The molecule has 0 saturated carbocycles. The molecular weight excluding hydrogens is 530 g/mol. The molecule has 8 nitrogen and oxygen atoms in total. The highest BCUT2D eigenvalue weighted by Gasteiger charge is 2.31. The van der Waals surface area contributed by atoms with Crippen LogP contribution >= 0.6 is 27.5 Å². The lowest BCUT2D eigenvalue weighted by molar-refractivity contribution is -0.126. The number of likely N-dealkylation sites (N-methyl/N-ethyl adjacent to an activating group) is 1. The maximum Gasteiger partial charge on any atom is 0.239 e. The number of nitrogens with one attached hydrogen (secondary N) is 1. The second-order valence-corrected chi connectivity index (χ2v) is 10.0. The first-order valence-electron chi connectivity index (χ1n) is 11.3. The highest BCUT2D eigenvalue weighted by Crippen LogP contribution is 2.26. The molecule has 3 heterocycles. The predicted octanol–water partition coefficient (Wildman–Crippen LogP) is 3.98. The van der Waals surface area contributed by atoms with Gasteiger partial charge in [-0.3, -0.25) is 9.69 Å². The Morgan fingerprint density at radius 2 is 1.97 bits per heavy atom. The average molecular weight is 555 g/mol. The van der Waals surface area contributed by atoms with Crippen LogP contribution in [0, 0.1) is 6.92 Å². The number of anilines is 1. The minimum atomic E-state index is -0.313. The monoisotopic (exact) mass is 553 g/mol. The highest BCUT2D eigenvalue weighted by atomic mass is 79.9. The summed E-state index contributed by atoms with van der Waals surface area (Å²) in [7, 11) is 1.98. The molecule has 1 N–H and O–H groups in total. The van der Waals surface area contributed by atoms with Gasteiger partial charge in [0.2, 0.25) is 5.91 Å². The van der Waals surface area contributed by atoms with Gasteiger partial charge in [-0.2, -0.15) is 0 Å². The molecule has 0 bridgehead atoms. The molecule has 5 rings (SSSR count). The Kier molecular flexibility index (Phi) is 6.73. The summed E-state index contributed by atoms with van der Waals surface area (Å²) in [6.45, 7) is 4.48. The third-order valence-electron chi connectivity index (χ3n) is 6.30. The van der Waals surface area contributed by atoms with Gasteiger partial charge in [0.15, 0.2) is 5.65 Å². The first-order valence-corrected chi connectivity index (χ1v) is 12.5. The fourth-order valence-corrected chi connectivity index (χ4v) is 4.66. The number of aryl methyl sites for hydroxylation is 1. The van der Waals surface area contributed by atoms with Crippen LogP contribution in [0.4, 0.5) is 5.82 Å². The van der Waals surface area contributed by atoms with Crippen LogP contribution in [-0.2, 0) is 11.3 Å². The minimum Gasteiger partial charge on any atom is -0.353 e. The van der Waals surface area contributed by atoms with Gasteiger partial charge in [-0.15, -0.1) is 5.10 Å². The third kappa shape index (κ3) is 5.03. The van der Waals surface area contributed by atoms with E-state index in [2.05, 4.69) is 65.2 Å². The molecule has 1 atom stereocenters. The lowest BCUT2D eigenvalue weighted by Crippen LogP contribution is -2.57. The van der Waals surface area contributed by atoms with E-state index in [1.165, 1.54) is 11.9 Å². The molecule has 0 aliphatic carbocycles. The molecule has 180 valence electrons. The van der Waals surface area contributed by atoms with Crippen molar-refractivity contribution in [3.8, 4) is 5.69 Å². The zero-order valence-corrected chi connectivity index (χ0v) is 21.8. The van der Waals surface area contributed by atoms with E-state index in [1.54, 1.807) is 0 Å². The van der Waals surface area contributed by atoms with Gasteiger partial charge in [0.05, 0.1) is 16.1 Å². The Balaban J connectivity index is 1.34. The van der Waals surface area contributed by atoms with E-state index in [4.69, 9.17) is 11.6 Å². The molecule has 35 heavy (non-hydrogen) atoms. The van der Waals surface area contributed by atoms with Crippen LogP contribution in [0.3, 0.4) is 0 Å². The first kappa shape index (κ1) is 23.7. The number of piperazine rings is 1. The summed E-state index contributed by atoms with van der Waals surface area (Å²) in [5, 5.41) is 9.19. The Bertz CT molecular complexity index is 1370. The summed E-state index contributed by atoms with van der Waals surface area (Å²) in [6.07, 6.45) is 3.49. The number of carbonyl (C=O) groups is 1. The molecule has 1 fully saturated rings. The number of hydrogen-bond donors (Lipinski definition) is 1. The summed E-state index contributed by atoms with van der Waals surface area (Å²) in [5.41, 5.74) is 3.73. The zero-order valence-electron chi connectivity index (χ0n) is 19.4. The molecule has 1 aliphatic heterocycles. The molecule has 2 aromatic heterocycles. The molecule has 1 amide bonds. The van der Waals surface area contributed by atoms with Gasteiger partial charge >= 0.3 is 0 Å². The number of fused-ring (bicyclic) bond motifs is 1. The highest BCUT2D eigenvalue weighted by molar-refractivity contribution is 9.10. The molecule has 1 saturated heterocycles. The van der Waals surface area contributed by atoms with Crippen LogP contribution in [0.1, 0.15) is 11.1 Å². The summed E-state index contributed by atoms with van der Waals surface area (Å²) in [6, 6.07) is 13.5. The van der Waals surface area contributed by atoms with Crippen molar-refractivity contribution in [2.24, 2.45) is 0 Å². The molecule has 0 radical (unpaired) electrons. The fraction of sp³-hybridized carbons (Fsp3) is 0.280. The quantitative estimate of drug-likeness (QED) is 0.402.